The lowest BCUT2D eigenvalue weighted by Gasteiger charge is -2.23. The molecule has 2 aromatic heterocycles. The van der Waals surface area contributed by atoms with Crippen LogP contribution >= 0.6 is 0 Å². The third-order valence-electron chi connectivity index (χ3n) is 5.49. The summed E-state index contributed by atoms with van der Waals surface area (Å²) in [6, 6.07) is 2.47. The molecule has 2 aliphatic rings. The van der Waals surface area contributed by atoms with Gasteiger partial charge in [0.1, 0.15) is 0 Å². The number of nitrogens with zero attached hydrogens (tertiary/aromatic N) is 5. The highest BCUT2D eigenvalue weighted by Crippen LogP contribution is 2.32. The smallest absolute Gasteiger partial charge is 0.220 e. The van der Waals surface area contributed by atoms with Crippen LogP contribution in [0.25, 0.3) is 0 Å². The van der Waals surface area contributed by atoms with Gasteiger partial charge in [0.15, 0.2) is 0 Å². The monoisotopic (exact) mass is 370 g/mol. The molecule has 1 aliphatic carbocycles. The Hall–Kier alpha value is -2.15. The third kappa shape index (κ3) is 4.77. The van der Waals surface area contributed by atoms with Crippen LogP contribution in [0, 0.1) is 11.8 Å². The molecule has 0 spiro atoms. The van der Waals surface area contributed by atoms with Crippen LogP contribution in [0.5, 0.6) is 0 Å². The van der Waals surface area contributed by atoms with Crippen molar-refractivity contribution in [2.75, 3.05) is 13.1 Å². The first kappa shape index (κ1) is 18.2. The molecule has 27 heavy (non-hydrogen) atoms. The van der Waals surface area contributed by atoms with Gasteiger partial charge < -0.3 is 5.32 Å². The van der Waals surface area contributed by atoms with E-state index in [-0.39, 0.29) is 5.91 Å². The fourth-order valence-electron chi connectivity index (χ4n) is 3.78. The first-order valence-corrected chi connectivity index (χ1v) is 10.1. The van der Waals surface area contributed by atoms with Gasteiger partial charge >= 0.3 is 0 Å². The number of amides is 1. The van der Waals surface area contributed by atoms with Gasteiger partial charge in [0, 0.05) is 69.1 Å². The van der Waals surface area contributed by atoms with Crippen LogP contribution in [0.2, 0.25) is 0 Å². The van der Waals surface area contributed by atoms with Gasteiger partial charge in [-0.05, 0) is 38.7 Å². The minimum absolute atomic E-state index is 0.201. The number of carbonyl (C=O) groups is 1. The van der Waals surface area contributed by atoms with E-state index < -0.39 is 0 Å². The molecule has 4 rings (SSSR count). The van der Waals surface area contributed by atoms with Crippen LogP contribution in [-0.2, 0) is 24.4 Å². The molecule has 0 unspecified atom stereocenters. The summed E-state index contributed by atoms with van der Waals surface area (Å²) in [6.45, 7) is 8.54. The zero-order valence-corrected chi connectivity index (χ0v) is 16.3. The normalized spacial score (nSPS) is 20.5. The highest BCUT2D eigenvalue weighted by atomic mass is 16.1. The summed E-state index contributed by atoms with van der Waals surface area (Å²) in [5.41, 5.74) is 2.46. The fraction of sp³-hybridized carbons (Fsp3) is 0.650. The summed E-state index contributed by atoms with van der Waals surface area (Å²) in [4.78, 5) is 14.5. The molecule has 3 heterocycles. The standard InChI is InChI=1S/C20H30N6O/c1-15(2)25-12-18(9-23-25)11-24-10-17(8-21-20(27)7-16-3-4-16)13-26-19(14-24)5-6-22-26/h5-6,9,12,15-17H,3-4,7-8,10-11,13-14H2,1-2H3,(H,21,27)/t17-/m1/s1. The number of hydrogen-bond donors (Lipinski definition) is 1. The van der Waals surface area contributed by atoms with Crippen molar-refractivity contribution in [3.05, 3.63) is 35.9 Å². The second-order valence-electron chi connectivity index (χ2n) is 8.41. The van der Waals surface area contributed by atoms with Crippen LogP contribution in [0.15, 0.2) is 24.7 Å². The molecule has 0 aromatic carbocycles. The van der Waals surface area contributed by atoms with E-state index in [9.17, 15) is 4.79 Å². The number of nitrogens with one attached hydrogen (secondary N) is 1. The summed E-state index contributed by atoms with van der Waals surface area (Å²) in [6.07, 6.45) is 9.10. The summed E-state index contributed by atoms with van der Waals surface area (Å²) in [5, 5.41) is 12.1. The van der Waals surface area contributed by atoms with E-state index >= 15 is 0 Å². The van der Waals surface area contributed by atoms with Crippen LogP contribution in [-0.4, -0.2) is 43.5 Å². The summed E-state index contributed by atoms with van der Waals surface area (Å²) >= 11 is 0. The van der Waals surface area contributed by atoms with E-state index in [4.69, 9.17) is 0 Å². The molecule has 0 saturated heterocycles. The average molecular weight is 371 g/mol. The van der Waals surface area contributed by atoms with Crippen molar-refractivity contribution in [3.63, 3.8) is 0 Å². The number of fused-ring (bicyclic) bond motifs is 1. The molecule has 1 fully saturated rings. The first-order chi connectivity index (χ1) is 13.1. The molecule has 1 amide bonds. The predicted molar refractivity (Wildman–Crippen MR) is 103 cm³/mol. The maximum Gasteiger partial charge on any atom is 0.220 e. The molecule has 0 bridgehead atoms. The number of aromatic nitrogens is 4. The third-order valence-corrected chi connectivity index (χ3v) is 5.49. The second kappa shape index (κ2) is 7.84. The summed E-state index contributed by atoms with van der Waals surface area (Å²) < 4.78 is 4.10. The second-order valence-corrected chi connectivity index (χ2v) is 8.41. The molecule has 146 valence electrons. The highest BCUT2D eigenvalue weighted by Gasteiger charge is 2.26. The van der Waals surface area contributed by atoms with Crippen molar-refractivity contribution >= 4 is 5.91 Å². The number of carbonyl (C=O) groups excluding carboxylic acids is 1. The average Bonchev–Trinajstić information content (AvgIpc) is 3.18. The number of rotatable bonds is 7. The van der Waals surface area contributed by atoms with E-state index in [1.54, 1.807) is 0 Å². The molecule has 1 atom stereocenters. The topological polar surface area (TPSA) is 68.0 Å². The summed E-state index contributed by atoms with van der Waals surface area (Å²) in [7, 11) is 0. The molecule has 1 saturated carbocycles. The fourth-order valence-corrected chi connectivity index (χ4v) is 3.78. The maximum absolute atomic E-state index is 12.1. The Balaban J connectivity index is 1.40. The van der Waals surface area contributed by atoms with Crippen molar-refractivity contribution in [1.29, 1.82) is 0 Å². The van der Waals surface area contributed by atoms with Gasteiger partial charge in [-0.2, -0.15) is 10.2 Å². The SMILES string of the molecule is CC(C)n1cc(CN2Cc3ccnn3C[C@H](CNC(=O)CC3CC3)C2)cn1. The molecule has 1 N–H and O–H groups in total. The molecular weight excluding hydrogens is 340 g/mol. The van der Waals surface area contributed by atoms with Crippen molar-refractivity contribution in [2.45, 2.75) is 58.8 Å². The Morgan fingerprint density at radius 3 is 2.85 bits per heavy atom. The first-order valence-electron chi connectivity index (χ1n) is 10.1. The lowest BCUT2D eigenvalue weighted by molar-refractivity contribution is -0.121. The molecular formula is C20H30N6O. The number of hydrogen-bond acceptors (Lipinski definition) is 4. The minimum Gasteiger partial charge on any atom is -0.356 e. The van der Waals surface area contributed by atoms with Crippen LogP contribution in [0.3, 0.4) is 0 Å². The van der Waals surface area contributed by atoms with E-state index in [2.05, 4.69) is 51.2 Å². The Morgan fingerprint density at radius 2 is 2.11 bits per heavy atom. The van der Waals surface area contributed by atoms with Crippen LogP contribution in [0.4, 0.5) is 0 Å². The molecule has 2 aromatic rings. The van der Waals surface area contributed by atoms with Gasteiger partial charge in [-0.3, -0.25) is 19.1 Å². The largest absolute Gasteiger partial charge is 0.356 e. The van der Waals surface area contributed by atoms with Crippen molar-refractivity contribution in [2.24, 2.45) is 11.8 Å². The van der Waals surface area contributed by atoms with Gasteiger partial charge in [0.05, 0.1) is 11.9 Å². The van der Waals surface area contributed by atoms with Gasteiger partial charge in [0.2, 0.25) is 5.91 Å². The molecule has 1 aliphatic heterocycles. The van der Waals surface area contributed by atoms with Gasteiger partial charge in [-0.25, -0.2) is 0 Å². The van der Waals surface area contributed by atoms with Crippen LogP contribution < -0.4 is 5.32 Å². The Morgan fingerprint density at radius 1 is 1.26 bits per heavy atom. The van der Waals surface area contributed by atoms with E-state index in [0.29, 0.717) is 30.8 Å². The molecule has 7 heteroatoms. The van der Waals surface area contributed by atoms with Gasteiger partial charge in [-0.15, -0.1) is 0 Å². The van der Waals surface area contributed by atoms with Crippen molar-refractivity contribution < 1.29 is 4.79 Å². The quantitative estimate of drug-likeness (QED) is 0.811. The van der Waals surface area contributed by atoms with Gasteiger partial charge in [0.25, 0.3) is 0 Å². The zero-order chi connectivity index (χ0) is 18.8. The van der Waals surface area contributed by atoms with E-state index in [1.165, 1.54) is 24.1 Å². The van der Waals surface area contributed by atoms with E-state index in [0.717, 1.165) is 26.2 Å². The van der Waals surface area contributed by atoms with Gasteiger partial charge in [-0.1, -0.05) is 0 Å². The lowest BCUT2D eigenvalue weighted by atomic mass is 10.1. The molecule has 7 nitrogen and oxygen atoms in total. The minimum atomic E-state index is 0.201. The zero-order valence-electron chi connectivity index (χ0n) is 16.3. The van der Waals surface area contributed by atoms with Crippen molar-refractivity contribution in [1.82, 2.24) is 29.8 Å². The Labute approximate surface area is 160 Å². The highest BCUT2D eigenvalue weighted by molar-refractivity contribution is 5.76. The van der Waals surface area contributed by atoms with Crippen LogP contribution in [0.1, 0.15) is 50.4 Å². The Bertz CT molecular complexity index is 775. The summed E-state index contributed by atoms with van der Waals surface area (Å²) in [5.74, 6) is 1.19. The predicted octanol–water partition coefficient (Wildman–Crippen LogP) is 2.21. The molecule has 0 radical (unpaired) electrons. The Kier molecular flexibility index (Phi) is 5.29. The van der Waals surface area contributed by atoms with E-state index in [1.807, 2.05) is 17.1 Å². The van der Waals surface area contributed by atoms with Crippen molar-refractivity contribution in [3.8, 4) is 0 Å². The lowest BCUT2D eigenvalue weighted by Crippen LogP contribution is -2.36. The maximum atomic E-state index is 12.1.